The molecule has 0 aromatic carbocycles. The van der Waals surface area contributed by atoms with Gasteiger partial charge in [0.2, 0.25) is 0 Å². The fraction of sp³-hybridized carbons (Fsp3) is 0.444. The Hall–Kier alpha value is -1.99. The van der Waals surface area contributed by atoms with Crippen molar-refractivity contribution in [3.05, 3.63) is 46.4 Å². The highest BCUT2D eigenvalue weighted by Crippen LogP contribution is 2.25. The van der Waals surface area contributed by atoms with Crippen molar-refractivity contribution in [2.75, 3.05) is 25.5 Å². The number of likely N-dealkylation sites (N-methyl/N-ethyl adjacent to an activating group) is 1. The monoisotopic (exact) mass is 362 g/mol. The topological polar surface area (TPSA) is 48.5 Å². The molecule has 7 heteroatoms. The molecule has 5 nitrogen and oxygen atoms in total. The smallest absolute Gasteiger partial charge is 0.321 e. The summed E-state index contributed by atoms with van der Waals surface area (Å²) < 4.78 is 13.9. The maximum atomic E-state index is 13.9. The molecule has 2 amide bonds. The van der Waals surface area contributed by atoms with Crippen molar-refractivity contribution in [3.8, 4) is 0 Å². The van der Waals surface area contributed by atoms with Crippen LogP contribution in [0.25, 0.3) is 0 Å². The van der Waals surface area contributed by atoms with Crippen LogP contribution >= 0.6 is 11.3 Å². The van der Waals surface area contributed by atoms with E-state index >= 15 is 0 Å². The van der Waals surface area contributed by atoms with Gasteiger partial charge in [0.15, 0.2) is 0 Å². The van der Waals surface area contributed by atoms with Crippen molar-refractivity contribution in [3.63, 3.8) is 0 Å². The third-order valence-corrected chi connectivity index (χ3v) is 5.37. The van der Waals surface area contributed by atoms with E-state index in [1.807, 2.05) is 18.4 Å². The molecule has 1 fully saturated rings. The molecule has 3 rings (SSSR count). The number of carbonyl (C=O) groups excluding carboxylic acids is 1. The van der Waals surface area contributed by atoms with Gasteiger partial charge >= 0.3 is 6.03 Å². The van der Waals surface area contributed by atoms with E-state index in [4.69, 9.17) is 0 Å². The highest BCUT2D eigenvalue weighted by Gasteiger charge is 2.33. The summed E-state index contributed by atoms with van der Waals surface area (Å²) in [5, 5.41) is 4.92. The molecular weight excluding hydrogens is 339 g/mol. The highest BCUT2D eigenvalue weighted by atomic mass is 32.1. The Balaban J connectivity index is 1.59. The number of nitrogens with zero attached hydrogens (tertiary/aromatic N) is 3. The molecule has 0 radical (unpaired) electrons. The minimum atomic E-state index is -0.830. The molecule has 0 bridgehead atoms. The lowest BCUT2D eigenvalue weighted by molar-refractivity contribution is 0.183. The van der Waals surface area contributed by atoms with Crippen molar-refractivity contribution in [1.29, 1.82) is 0 Å². The van der Waals surface area contributed by atoms with Gasteiger partial charge in [-0.15, -0.1) is 11.3 Å². The van der Waals surface area contributed by atoms with E-state index in [-0.39, 0.29) is 12.1 Å². The van der Waals surface area contributed by atoms with Crippen LogP contribution in [0.15, 0.2) is 36.0 Å². The van der Waals surface area contributed by atoms with Gasteiger partial charge in [0, 0.05) is 55.7 Å². The minimum Gasteiger partial charge on any atom is -0.326 e. The molecule has 0 spiro atoms. The van der Waals surface area contributed by atoms with E-state index in [9.17, 15) is 9.18 Å². The van der Waals surface area contributed by atoms with Crippen LogP contribution in [0.5, 0.6) is 0 Å². The lowest BCUT2D eigenvalue weighted by Crippen LogP contribution is -2.42. The van der Waals surface area contributed by atoms with Crippen molar-refractivity contribution < 1.29 is 9.18 Å². The number of pyridine rings is 1. The molecule has 1 aliphatic heterocycles. The van der Waals surface area contributed by atoms with Crippen LogP contribution in [-0.2, 0) is 6.54 Å². The molecule has 3 heterocycles. The van der Waals surface area contributed by atoms with Crippen LogP contribution in [0, 0.1) is 6.92 Å². The Labute approximate surface area is 151 Å². The molecule has 2 atom stereocenters. The normalized spacial score (nSPS) is 20.6. The maximum absolute atomic E-state index is 13.9. The van der Waals surface area contributed by atoms with Crippen molar-refractivity contribution >= 4 is 23.1 Å². The first-order valence-corrected chi connectivity index (χ1v) is 9.24. The Morgan fingerprint density at radius 1 is 1.52 bits per heavy atom. The van der Waals surface area contributed by atoms with E-state index in [0.717, 1.165) is 17.8 Å². The SMILES string of the molecule is Cc1cnccc1NC(=O)N(C)C[C@@H]1C[C@H](F)CN1Cc1cccs1. The number of anilines is 1. The van der Waals surface area contributed by atoms with E-state index in [0.29, 0.717) is 19.5 Å². The standard InChI is InChI=1S/C18H23FN4OS/c1-13-9-20-6-5-17(13)21-18(24)22(2)11-15-8-14(19)10-23(15)12-16-4-3-7-25-16/h3-7,9,14-15H,8,10-12H2,1-2H3,(H,20,21,24)/t14-,15-/m0/s1. The Kier molecular flexibility index (Phi) is 5.65. The first-order valence-electron chi connectivity index (χ1n) is 8.36. The number of amides is 2. The average Bonchev–Trinajstić information content (AvgIpc) is 3.20. The van der Waals surface area contributed by atoms with Crippen molar-refractivity contribution in [1.82, 2.24) is 14.8 Å². The zero-order chi connectivity index (χ0) is 17.8. The van der Waals surface area contributed by atoms with Gasteiger partial charge in [0.25, 0.3) is 0 Å². The molecule has 2 aromatic rings. The van der Waals surface area contributed by atoms with Crippen molar-refractivity contribution in [2.45, 2.75) is 32.1 Å². The van der Waals surface area contributed by atoms with Crippen LogP contribution < -0.4 is 5.32 Å². The summed E-state index contributed by atoms with van der Waals surface area (Å²) in [6.07, 6.45) is 3.00. The van der Waals surface area contributed by atoms with E-state index in [2.05, 4.69) is 21.3 Å². The third kappa shape index (κ3) is 4.55. The van der Waals surface area contributed by atoms with Gasteiger partial charge in [-0.3, -0.25) is 9.88 Å². The Morgan fingerprint density at radius 2 is 2.36 bits per heavy atom. The largest absolute Gasteiger partial charge is 0.326 e. The number of likely N-dealkylation sites (tertiary alicyclic amines) is 1. The summed E-state index contributed by atoms with van der Waals surface area (Å²) in [5.41, 5.74) is 1.66. The quantitative estimate of drug-likeness (QED) is 0.885. The van der Waals surface area contributed by atoms with E-state index in [1.165, 1.54) is 4.88 Å². The Morgan fingerprint density at radius 3 is 3.08 bits per heavy atom. The number of alkyl halides is 1. The summed E-state index contributed by atoms with van der Waals surface area (Å²) in [5.74, 6) is 0. The van der Waals surface area contributed by atoms with Crippen LogP contribution in [0.4, 0.5) is 14.9 Å². The first kappa shape index (κ1) is 17.8. The molecular formula is C18H23FN4OS. The lowest BCUT2D eigenvalue weighted by Gasteiger charge is -2.28. The molecule has 2 aromatic heterocycles. The summed E-state index contributed by atoms with van der Waals surface area (Å²) in [4.78, 5) is 21.5. The Bertz CT molecular complexity index is 709. The number of rotatable bonds is 5. The molecule has 0 unspecified atom stereocenters. The summed E-state index contributed by atoms with van der Waals surface area (Å²) >= 11 is 1.68. The van der Waals surface area contributed by atoms with E-state index < -0.39 is 6.17 Å². The summed E-state index contributed by atoms with van der Waals surface area (Å²) in [7, 11) is 1.75. The number of aromatic nitrogens is 1. The fourth-order valence-electron chi connectivity index (χ4n) is 3.13. The number of carbonyl (C=O) groups is 1. The third-order valence-electron chi connectivity index (χ3n) is 4.51. The molecule has 1 N–H and O–H groups in total. The van der Waals surface area contributed by atoms with Crippen LogP contribution in [0.2, 0.25) is 0 Å². The van der Waals surface area contributed by atoms with Gasteiger partial charge in [-0.05, 0) is 36.4 Å². The second kappa shape index (κ2) is 7.93. The number of thiophene rings is 1. The summed E-state index contributed by atoms with van der Waals surface area (Å²) in [6.45, 7) is 3.57. The van der Waals surface area contributed by atoms with E-state index in [1.54, 1.807) is 41.7 Å². The molecule has 25 heavy (non-hydrogen) atoms. The highest BCUT2D eigenvalue weighted by molar-refractivity contribution is 7.09. The minimum absolute atomic E-state index is 0.0337. The second-order valence-electron chi connectivity index (χ2n) is 6.50. The zero-order valence-electron chi connectivity index (χ0n) is 14.5. The van der Waals surface area contributed by atoms with Crippen LogP contribution in [-0.4, -0.2) is 53.2 Å². The molecule has 1 saturated heterocycles. The number of hydrogen-bond acceptors (Lipinski definition) is 4. The first-order chi connectivity index (χ1) is 12.0. The van der Waals surface area contributed by atoms with Gasteiger partial charge in [-0.1, -0.05) is 6.07 Å². The summed E-state index contributed by atoms with van der Waals surface area (Å²) in [6, 6.07) is 5.70. The molecule has 1 aliphatic rings. The fourth-order valence-corrected chi connectivity index (χ4v) is 3.86. The molecule has 134 valence electrons. The molecule has 0 saturated carbocycles. The second-order valence-corrected chi connectivity index (χ2v) is 7.53. The van der Waals surface area contributed by atoms with Gasteiger partial charge in [0.1, 0.15) is 6.17 Å². The number of hydrogen-bond donors (Lipinski definition) is 1. The van der Waals surface area contributed by atoms with Gasteiger partial charge in [-0.2, -0.15) is 0 Å². The number of aryl methyl sites for hydroxylation is 1. The average molecular weight is 362 g/mol. The number of nitrogens with one attached hydrogen (secondary N) is 1. The molecule has 0 aliphatic carbocycles. The zero-order valence-corrected chi connectivity index (χ0v) is 15.3. The predicted octanol–water partition coefficient (Wildman–Crippen LogP) is 3.53. The van der Waals surface area contributed by atoms with Crippen LogP contribution in [0.3, 0.4) is 0 Å². The van der Waals surface area contributed by atoms with Gasteiger partial charge in [0.05, 0.1) is 0 Å². The predicted molar refractivity (Wildman–Crippen MR) is 98.7 cm³/mol. The number of halogens is 1. The number of urea groups is 1. The van der Waals surface area contributed by atoms with Gasteiger partial charge < -0.3 is 10.2 Å². The van der Waals surface area contributed by atoms with Crippen molar-refractivity contribution in [2.24, 2.45) is 0 Å². The van der Waals surface area contributed by atoms with Gasteiger partial charge in [-0.25, -0.2) is 9.18 Å². The maximum Gasteiger partial charge on any atom is 0.321 e. The van der Waals surface area contributed by atoms with Crippen LogP contribution in [0.1, 0.15) is 16.9 Å². The lowest BCUT2D eigenvalue weighted by atomic mass is 10.2.